The van der Waals surface area contributed by atoms with Gasteiger partial charge in [0.1, 0.15) is 0 Å². The third-order valence-electron chi connectivity index (χ3n) is 1.01. The Hall–Kier alpha value is -1.59. The number of nitrogens with one attached hydrogen (secondary N) is 1. The first-order chi connectivity index (χ1) is 5.07. The Morgan fingerprint density at radius 3 is 2.36 bits per heavy atom. The highest BCUT2D eigenvalue weighted by molar-refractivity contribution is 6.40. The highest BCUT2D eigenvalue weighted by Gasteiger charge is 1.96. The molecule has 0 atom stereocenters. The average molecular weight is 158 g/mol. The zero-order chi connectivity index (χ0) is 8.85. The van der Waals surface area contributed by atoms with Crippen LogP contribution in [0.1, 0.15) is 13.8 Å². The van der Waals surface area contributed by atoms with Crippen LogP contribution in [0.15, 0.2) is 10.3 Å². The first-order valence-corrected chi connectivity index (χ1v) is 2.86. The number of rotatable bonds is 2. The molecule has 2 amide bonds. The molecule has 0 bridgehead atoms. The molecule has 0 aromatic heterocycles. The van der Waals surface area contributed by atoms with Gasteiger partial charge in [-0.2, -0.15) is 5.10 Å². The van der Waals surface area contributed by atoms with Gasteiger partial charge < -0.3 is 10.9 Å². The van der Waals surface area contributed by atoms with Gasteiger partial charge in [-0.25, -0.2) is 10.2 Å². The molecular weight excluding hydrogens is 148 g/mol. The van der Waals surface area contributed by atoms with E-state index >= 15 is 0 Å². The van der Waals surface area contributed by atoms with Crippen molar-refractivity contribution in [1.82, 2.24) is 5.43 Å². The molecule has 0 rings (SSSR count). The lowest BCUT2D eigenvalue weighted by molar-refractivity contribution is 0.249. The Bertz CT molecular complexity index is 209. The summed E-state index contributed by atoms with van der Waals surface area (Å²) in [5.74, 6) is 0. The predicted molar refractivity (Wildman–Crippen MR) is 40.7 cm³/mol. The van der Waals surface area contributed by atoms with E-state index in [1.54, 1.807) is 13.8 Å². The second kappa shape index (κ2) is 4.26. The average Bonchev–Trinajstić information content (AvgIpc) is 1.98. The quantitative estimate of drug-likeness (QED) is 0.296. The second-order valence-corrected chi connectivity index (χ2v) is 1.86. The minimum atomic E-state index is -0.755. The number of hydrazone groups is 1. The Labute approximate surface area is 63.8 Å². The van der Waals surface area contributed by atoms with Gasteiger partial charge in [-0.1, -0.05) is 5.16 Å². The summed E-state index contributed by atoms with van der Waals surface area (Å²) in [6.07, 6.45) is 0. The lowest BCUT2D eigenvalue weighted by Crippen LogP contribution is -2.26. The van der Waals surface area contributed by atoms with Gasteiger partial charge in [0.15, 0.2) is 0 Å². The van der Waals surface area contributed by atoms with Crippen LogP contribution in [0, 0.1) is 0 Å². The zero-order valence-corrected chi connectivity index (χ0v) is 6.33. The van der Waals surface area contributed by atoms with Gasteiger partial charge in [-0.15, -0.1) is 0 Å². The molecule has 0 spiro atoms. The Morgan fingerprint density at radius 2 is 2.00 bits per heavy atom. The van der Waals surface area contributed by atoms with Gasteiger partial charge in [0.2, 0.25) is 0 Å². The van der Waals surface area contributed by atoms with E-state index in [0.717, 1.165) is 0 Å². The third-order valence-corrected chi connectivity index (χ3v) is 1.01. The molecule has 0 aromatic carbocycles. The van der Waals surface area contributed by atoms with Crippen molar-refractivity contribution >= 4 is 17.5 Å². The van der Waals surface area contributed by atoms with Gasteiger partial charge in [0.05, 0.1) is 11.4 Å². The SMILES string of the molecule is CC(=N\O)/C(C)=N/NC(N)=O. The fourth-order valence-corrected chi connectivity index (χ4v) is 0.292. The molecule has 11 heavy (non-hydrogen) atoms. The van der Waals surface area contributed by atoms with Crippen molar-refractivity contribution in [2.24, 2.45) is 16.0 Å². The molecule has 0 fully saturated rings. The molecule has 0 unspecified atom stereocenters. The van der Waals surface area contributed by atoms with E-state index in [2.05, 4.69) is 10.3 Å². The first kappa shape index (κ1) is 9.41. The van der Waals surface area contributed by atoms with Crippen molar-refractivity contribution in [3.05, 3.63) is 0 Å². The van der Waals surface area contributed by atoms with Crippen molar-refractivity contribution in [3.63, 3.8) is 0 Å². The van der Waals surface area contributed by atoms with E-state index in [9.17, 15) is 4.79 Å². The van der Waals surface area contributed by atoms with Crippen molar-refractivity contribution < 1.29 is 10.0 Å². The Morgan fingerprint density at radius 1 is 1.45 bits per heavy atom. The molecule has 4 N–H and O–H groups in total. The van der Waals surface area contributed by atoms with E-state index in [1.165, 1.54) is 0 Å². The number of urea groups is 1. The van der Waals surface area contributed by atoms with Crippen LogP contribution in [0.4, 0.5) is 4.79 Å². The second-order valence-electron chi connectivity index (χ2n) is 1.86. The van der Waals surface area contributed by atoms with Crippen LogP contribution in [0.3, 0.4) is 0 Å². The molecule has 0 saturated heterocycles. The van der Waals surface area contributed by atoms with E-state index in [4.69, 9.17) is 10.9 Å². The highest BCUT2D eigenvalue weighted by atomic mass is 16.4. The molecule has 0 aromatic rings. The number of hydrogen-bond acceptors (Lipinski definition) is 4. The van der Waals surface area contributed by atoms with Crippen LogP contribution in [0.25, 0.3) is 0 Å². The topological polar surface area (TPSA) is 100 Å². The maximum absolute atomic E-state index is 10.1. The largest absolute Gasteiger partial charge is 0.411 e. The maximum Gasteiger partial charge on any atom is 0.332 e. The van der Waals surface area contributed by atoms with Crippen LogP contribution >= 0.6 is 0 Å². The highest BCUT2D eigenvalue weighted by Crippen LogP contribution is 1.80. The zero-order valence-electron chi connectivity index (χ0n) is 6.33. The number of hydrogen-bond donors (Lipinski definition) is 3. The fourth-order valence-electron chi connectivity index (χ4n) is 0.292. The monoisotopic (exact) mass is 158 g/mol. The van der Waals surface area contributed by atoms with Crippen molar-refractivity contribution in [1.29, 1.82) is 0 Å². The van der Waals surface area contributed by atoms with Crippen LogP contribution in [-0.2, 0) is 0 Å². The summed E-state index contributed by atoms with van der Waals surface area (Å²) in [6.45, 7) is 3.12. The van der Waals surface area contributed by atoms with Crippen molar-refractivity contribution in [3.8, 4) is 0 Å². The number of carbonyl (C=O) groups is 1. The summed E-state index contributed by atoms with van der Waals surface area (Å²) in [5, 5.41) is 14.6. The number of primary amides is 1. The van der Waals surface area contributed by atoms with Crippen molar-refractivity contribution in [2.75, 3.05) is 0 Å². The molecule has 0 radical (unpaired) electrons. The van der Waals surface area contributed by atoms with Crippen LogP contribution in [-0.4, -0.2) is 22.7 Å². The van der Waals surface area contributed by atoms with Gasteiger partial charge in [0, 0.05) is 0 Å². The van der Waals surface area contributed by atoms with E-state index in [1.807, 2.05) is 5.43 Å². The minimum absolute atomic E-state index is 0.318. The molecule has 0 heterocycles. The van der Waals surface area contributed by atoms with Gasteiger partial charge in [-0.05, 0) is 13.8 Å². The normalized spacial score (nSPS) is 12.9. The van der Waals surface area contributed by atoms with Gasteiger partial charge in [-0.3, -0.25) is 0 Å². The van der Waals surface area contributed by atoms with E-state index in [0.29, 0.717) is 11.4 Å². The summed E-state index contributed by atoms with van der Waals surface area (Å²) >= 11 is 0. The first-order valence-electron chi connectivity index (χ1n) is 2.86. The summed E-state index contributed by atoms with van der Waals surface area (Å²) in [4.78, 5) is 10.1. The molecule has 0 aliphatic carbocycles. The third kappa shape index (κ3) is 3.90. The standard InChI is InChI=1S/C5H10N4O2/c1-3(4(2)9-11)7-8-5(6)10/h11H,1-2H3,(H3,6,8,10)/b7-3+,9-4+. The number of carbonyl (C=O) groups excluding carboxylic acids is 1. The number of oxime groups is 1. The van der Waals surface area contributed by atoms with Gasteiger partial charge >= 0.3 is 6.03 Å². The summed E-state index contributed by atoms with van der Waals surface area (Å²) < 4.78 is 0. The predicted octanol–water partition coefficient (Wildman–Crippen LogP) is -0.119. The summed E-state index contributed by atoms with van der Waals surface area (Å²) in [6, 6.07) is -0.755. The summed E-state index contributed by atoms with van der Waals surface area (Å²) in [5.41, 5.74) is 7.43. The number of nitrogens with zero attached hydrogens (tertiary/aromatic N) is 2. The molecule has 0 aliphatic rings. The van der Waals surface area contributed by atoms with Crippen LogP contribution in [0.5, 0.6) is 0 Å². The Kier molecular flexibility index (Phi) is 3.65. The van der Waals surface area contributed by atoms with Crippen molar-refractivity contribution in [2.45, 2.75) is 13.8 Å². The smallest absolute Gasteiger partial charge is 0.332 e. The molecule has 6 nitrogen and oxygen atoms in total. The lowest BCUT2D eigenvalue weighted by atomic mass is 10.3. The number of amides is 2. The molecular formula is C5H10N4O2. The molecule has 6 heteroatoms. The van der Waals surface area contributed by atoms with E-state index in [-0.39, 0.29) is 0 Å². The van der Waals surface area contributed by atoms with Crippen LogP contribution in [0.2, 0.25) is 0 Å². The number of nitrogens with two attached hydrogens (primary N) is 1. The lowest BCUT2D eigenvalue weighted by Gasteiger charge is -1.96. The maximum atomic E-state index is 10.1. The van der Waals surface area contributed by atoms with Gasteiger partial charge in [0.25, 0.3) is 0 Å². The summed E-state index contributed by atoms with van der Waals surface area (Å²) in [7, 11) is 0. The molecule has 0 aliphatic heterocycles. The molecule has 0 saturated carbocycles. The Balaban J connectivity index is 4.12. The fraction of sp³-hybridized carbons (Fsp3) is 0.400. The van der Waals surface area contributed by atoms with E-state index < -0.39 is 6.03 Å². The van der Waals surface area contributed by atoms with Crippen LogP contribution < -0.4 is 11.2 Å². The molecule has 62 valence electrons. The minimum Gasteiger partial charge on any atom is -0.411 e.